The van der Waals surface area contributed by atoms with Crippen LogP contribution >= 0.6 is 35.1 Å². The van der Waals surface area contributed by atoms with E-state index < -0.39 is 6.36 Å². The molecule has 0 saturated carbocycles. The third kappa shape index (κ3) is 4.79. The van der Waals surface area contributed by atoms with Crippen LogP contribution in [0.4, 0.5) is 13.2 Å². The van der Waals surface area contributed by atoms with Gasteiger partial charge in [0.15, 0.2) is 5.16 Å². The topological polar surface area (TPSA) is 44.1 Å². The second-order valence-corrected chi connectivity index (χ2v) is 8.85. The van der Waals surface area contributed by atoms with Crippen LogP contribution in [-0.4, -0.2) is 21.7 Å². The number of rotatable bonds is 5. The highest BCUT2D eigenvalue weighted by molar-refractivity contribution is 7.99. The quantitative estimate of drug-likeness (QED) is 0.352. The fourth-order valence-corrected chi connectivity index (χ4v) is 5.08. The van der Waals surface area contributed by atoms with Crippen molar-refractivity contribution < 1.29 is 17.9 Å². The molecule has 0 radical (unpaired) electrons. The summed E-state index contributed by atoms with van der Waals surface area (Å²) >= 11 is 8.75. The number of ether oxygens (including phenoxy) is 1. The lowest BCUT2D eigenvalue weighted by Crippen LogP contribution is -2.24. The normalized spacial score (nSPS) is 13.3. The van der Waals surface area contributed by atoms with E-state index in [1.54, 1.807) is 12.1 Å². The smallest absolute Gasteiger partial charge is 0.406 e. The molecule has 3 aromatic rings. The highest BCUT2D eigenvalue weighted by Crippen LogP contribution is 2.32. The van der Waals surface area contributed by atoms with Gasteiger partial charge < -0.3 is 4.74 Å². The average molecular weight is 471 g/mol. The van der Waals surface area contributed by atoms with E-state index in [0.29, 0.717) is 32.9 Å². The summed E-state index contributed by atoms with van der Waals surface area (Å²) in [6, 6.07) is 12.6. The van der Waals surface area contributed by atoms with E-state index in [0.717, 1.165) is 17.0 Å². The van der Waals surface area contributed by atoms with Crippen LogP contribution in [0.1, 0.15) is 11.3 Å². The van der Waals surface area contributed by atoms with E-state index in [-0.39, 0.29) is 11.3 Å². The molecule has 156 valence electrons. The molecular formula is C20H14ClF3N2O2S2. The Morgan fingerprint density at radius 1 is 1.13 bits per heavy atom. The van der Waals surface area contributed by atoms with Crippen LogP contribution in [0.5, 0.6) is 5.75 Å². The molecule has 0 aliphatic carbocycles. The Morgan fingerprint density at radius 2 is 1.83 bits per heavy atom. The minimum atomic E-state index is -4.77. The molecule has 4 nitrogen and oxygen atoms in total. The number of thioether (sulfide) groups is 2. The maximum absolute atomic E-state index is 13.1. The minimum absolute atomic E-state index is 0.217. The molecule has 2 heterocycles. The maximum Gasteiger partial charge on any atom is 0.573 e. The van der Waals surface area contributed by atoms with Crippen LogP contribution in [0.2, 0.25) is 5.02 Å². The summed E-state index contributed by atoms with van der Waals surface area (Å²) in [7, 11) is 0. The molecule has 0 N–H and O–H groups in total. The molecule has 0 amide bonds. The molecule has 0 unspecified atom stereocenters. The summed E-state index contributed by atoms with van der Waals surface area (Å²) in [6.07, 6.45) is -4.06. The van der Waals surface area contributed by atoms with Crippen LogP contribution in [0.15, 0.2) is 63.4 Å². The lowest BCUT2D eigenvalue weighted by atomic mass is 10.2. The van der Waals surface area contributed by atoms with Crippen molar-refractivity contribution >= 4 is 35.1 Å². The standard InChI is InChI=1S/C20H14ClF3N2O2S2/c21-13-3-1-12(2-4-13)11-30-19-25-16-9-10-29-17(16)18(27)26(19)14-5-7-15(8-6-14)28-20(22,23)24/h1-8H,9-11H2. The highest BCUT2D eigenvalue weighted by Gasteiger charge is 2.31. The lowest BCUT2D eigenvalue weighted by molar-refractivity contribution is -0.274. The molecule has 0 spiro atoms. The van der Waals surface area contributed by atoms with E-state index in [9.17, 15) is 18.0 Å². The summed E-state index contributed by atoms with van der Waals surface area (Å²) in [5, 5.41) is 1.12. The number of alkyl halides is 3. The van der Waals surface area contributed by atoms with Crippen molar-refractivity contribution in [3.63, 3.8) is 0 Å². The van der Waals surface area contributed by atoms with Crippen LogP contribution in [0.3, 0.4) is 0 Å². The van der Waals surface area contributed by atoms with Crippen molar-refractivity contribution in [3.8, 4) is 11.4 Å². The van der Waals surface area contributed by atoms with Crippen molar-refractivity contribution in [2.45, 2.75) is 28.6 Å². The summed E-state index contributed by atoms with van der Waals surface area (Å²) < 4.78 is 42.6. The molecule has 1 aliphatic heterocycles. The van der Waals surface area contributed by atoms with E-state index in [2.05, 4.69) is 9.72 Å². The number of halogens is 4. The first-order valence-corrected chi connectivity index (χ1v) is 11.2. The monoisotopic (exact) mass is 470 g/mol. The molecule has 30 heavy (non-hydrogen) atoms. The maximum atomic E-state index is 13.1. The molecular weight excluding hydrogens is 457 g/mol. The van der Waals surface area contributed by atoms with Crippen LogP contribution in [0.25, 0.3) is 5.69 Å². The fourth-order valence-electron chi connectivity index (χ4n) is 2.94. The summed E-state index contributed by atoms with van der Waals surface area (Å²) in [4.78, 5) is 18.4. The predicted octanol–water partition coefficient (Wildman–Crippen LogP) is 5.73. The number of fused-ring (bicyclic) bond motifs is 1. The summed E-state index contributed by atoms with van der Waals surface area (Å²) in [6.45, 7) is 0. The number of aryl methyl sites for hydroxylation is 1. The van der Waals surface area contributed by atoms with Gasteiger partial charge in [0.1, 0.15) is 5.75 Å². The largest absolute Gasteiger partial charge is 0.573 e. The Morgan fingerprint density at radius 3 is 2.50 bits per heavy atom. The van der Waals surface area contributed by atoms with Crippen LogP contribution in [-0.2, 0) is 12.2 Å². The molecule has 0 saturated heterocycles. The van der Waals surface area contributed by atoms with E-state index in [4.69, 9.17) is 11.6 Å². The van der Waals surface area contributed by atoms with E-state index in [1.165, 1.54) is 52.4 Å². The Balaban J connectivity index is 1.69. The van der Waals surface area contributed by atoms with Crippen LogP contribution in [0, 0.1) is 0 Å². The third-order valence-corrected chi connectivity index (χ3v) is 6.65. The van der Waals surface area contributed by atoms with Crippen LogP contribution < -0.4 is 10.3 Å². The van der Waals surface area contributed by atoms with Gasteiger partial charge in [-0.3, -0.25) is 9.36 Å². The van der Waals surface area contributed by atoms with Gasteiger partial charge in [0, 0.05) is 22.9 Å². The number of hydrogen-bond donors (Lipinski definition) is 0. The molecule has 1 aliphatic rings. The first-order valence-electron chi connectivity index (χ1n) is 8.82. The Bertz CT molecular complexity index is 1120. The Labute approximate surface area is 183 Å². The summed E-state index contributed by atoms with van der Waals surface area (Å²) in [5.74, 6) is 0.990. The van der Waals surface area contributed by atoms with Gasteiger partial charge in [0.2, 0.25) is 0 Å². The third-order valence-electron chi connectivity index (χ3n) is 4.28. The SMILES string of the molecule is O=c1c2c(nc(SCc3ccc(Cl)cc3)n1-c1ccc(OC(F)(F)F)cc1)CCS2. The Hall–Kier alpha value is -2.10. The Kier molecular flexibility index (Phi) is 6.04. The molecule has 0 atom stereocenters. The molecule has 1 aromatic heterocycles. The van der Waals surface area contributed by atoms with Crippen molar-refractivity contribution in [2.75, 3.05) is 5.75 Å². The zero-order valence-electron chi connectivity index (χ0n) is 15.3. The lowest BCUT2D eigenvalue weighted by Gasteiger charge is -2.15. The van der Waals surface area contributed by atoms with Crippen molar-refractivity contribution in [3.05, 3.63) is 75.2 Å². The van der Waals surface area contributed by atoms with E-state index >= 15 is 0 Å². The van der Waals surface area contributed by atoms with Gasteiger partial charge in [-0.2, -0.15) is 0 Å². The van der Waals surface area contributed by atoms with Crippen molar-refractivity contribution in [1.82, 2.24) is 9.55 Å². The molecule has 0 bridgehead atoms. The number of benzene rings is 2. The first kappa shape index (κ1) is 21.1. The van der Waals surface area contributed by atoms with E-state index in [1.807, 2.05) is 12.1 Å². The highest BCUT2D eigenvalue weighted by atomic mass is 35.5. The van der Waals surface area contributed by atoms with Gasteiger partial charge in [-0.1, -0.05) is 35.5 Å². The van der Waals surface area contributed by atoms with Gasteiger partial charge >= 0.3 is 6.36 Å². The zero-order valence-corrected chi connectivity index (χ0v) is 17.7. The minimum Gasteiger partial charge on any atom is -0.406 e. The van der Waals surface area contributed by atoms with Gasteiger partial charge in [-0.15, -0.1) is 24.9 Å². The van der Waals surface area contributed by atoms with Gasteiger partial charge in [-0.05, 0) is 42.0 Å². The molecule has 4 rings (SSSR count). The zero-order chi connectivity index (χ0) is 21.3. The number of hydrogen-bond acceptors (Lipinski definition) is 5. The second-order valence-electron chi connectivity index (χ2n) is 6.37. The second kappa shape index (κ2) is 8.56. The number of aromatic nitrogens is 2. The molecule has 0 fully saturated rings. The summed E-state index contributed by atoms with van der Waals surface area (Å²) in [5.41, 5.74) is 1.98. The number of nitrogens with zero attached hydrogens (tertiary/aromatic N) is 2. The first-order chi connectivity index (χ1) is 14.3. The fraction of sp³-hybridized carbons (Fsp3) is 0.200. The van der Waals surface area contributed by atoms with Crippen molar-refractivity contribution in [1.29, 1.82) is 0 Å². The van der Waals surface area contributed by atoms with Gasteiger partial charge in [0.05, 0.1) is 16.3 Å². The predicted molar refractivity (Wildman–Crippen MR) is 112 cm³/mol. The molecule has 10 heteroatoms. The average Bonchev–Trinajstić information content (AvgIpc) is 3.16. The molecule has 2 aromatic carbocycles. The van der Waals surface area contributed by atoms with Gasteiger partial charge in [-0.25, -0.2) is 4.98 Å². The van der Waals surface area contributed by atoms with Crippen molar-refractivity contribution in [2.24, 2.45) is 0 Å². The van der Waals surface area contributed by atoms with Gasteiger partial charge in [0.25, 0.3) is 5.56 Å².